The molecule has 0 saturated heterocycles. The molecule has 70 valence electrons. The molecule has 2 radical (unpaired) electrons. The molecule has 0 aliphatic heterocycles. The summed E-state index contributed by atoms with van der Waals surface area (Å²) in [7, 11) is 0. The Morgan fingerprint density at radius 3 is 1.46 bits per heavy atom. The molecule has 0 aliphatic rings. The molecule has 0 bridgehead atoms. The Kier molecular flexibility index (Phi) is 9.19. The summed E-state index contributed by atoms with van der Waals surface area (Å²) in [4.78, 5) is 0. The third-order valence-corrected chi connectivity index (χ3v) is 1.77. The Morgan fingerprint density at radius 2 is 1.23 bits per heavy atom. The van der Waals surface area contributed by atoms with Gasteiger partial charge in [-0.2, -0.15) is 6.26 Å². The molecule has 1 aromatic heterocycles. The van der Waals surface area contributed by atoms with E-state index in [1.165, 1.54) is 11.1 Å². The van der Waals surface area contributed by atoms with Gasteiger partial charge in [0.15, 0.2) is 0 Å². The third-order valence-electron chi connectivity index (χ3n) is 1.77. The van der Waals surface area contributed by atoms with Gasteiger partial charge < -0.3 is 9.98 Å². The van der Waals surface area contributed by atoms with Crippen molar-refractivity contribution in [2.75, 3.05) is 0 Å². The van der Waals surface area contributed by atoms with Crippen molar-refractivity contribution in [1.29, 1.82) is 0 Å². The van der Waals surface area contributed by atoms with Crippen molar-refractivity contribution in [3.8, 4) is 0 Å². The molecule has 0 N–H and O–H groups in total. The number of hydrogen-bond acceptors (Lipinski definition) is 1. The molecule has 3 heteroatoms. The smallest absolute Gasteiger partial charge is 0 e. The first-order valence-corrected chi connectivity index (χ1v) is 4.04. The van der Waals surface area contributed by atoms with E-state index in [0.29, 0.717) is 11.8 Å². The van der Waals surface area contributed by atoms with Crippen LogP contribution in [0, 0.1) is 12.5 Å². The van der Waals surface area contributed by atoms with Gasteiger partial charge in [0, 0.05) is 51.3 Å². The molecule has 0 atom stereocenters. The van der Waals surface area contributed by atoms with Crippen LogP contribution in [0.25, 0.3) is 0 Å². The first-order valence-electron chi connectivity index (χ1n) is 4.04. The Labute approximate surface area is 118 Å². The fraction of sp³-hybridized carbons (Fsp3) is 0.600. The van der Waals surface area contributed by atoms with Gasteiger partial charge in [0.05, 0.1) is 0 Å². The molecular weight excluding hydrogens is 276 g/mol. The van der Waals surface area contributed by atoms with Gasteiger partial charge >= 0.3 is 0 Å². The molecule has 0 fully saturated rings. The minimum atomic E-state index is 0. The second kappa shape index (κ2) is 7.29. The molecule has 0 saturated carbocycles. The quantitative estimate of drug-likeness (QED) is 0.763. The maximum atomic E-state index is 4.92. The molecule has 0 aliphatic carbocycles. The van der Waals surface area contributed by atoms with Gasteiger partial charge in [0.2, 0.25) is 0 Å². The van der Waals surface area contributed by atoms with Crippen molar-refractivity contribution in [2.24, 2.45) is 0 Å². The van der Waals surface area contributed by atoms with Gasteiger partial charge in [0.1, 0.15) is 0 Å². The first kappa shape index (κ1) is 16.4. The van der Waals surface area contributed by atoms with Crippen LogP contribution < -0.4 is 0 Å². The predicted octanol–water partition coefficient (Wildman–Crippen LogP) is 3.12. The summed E-state index contributed by atoms with van der Waals surface area (Å²) in [6.07, 6.45) is 5.71. The summed E-state index contributed by atoms with van der Waals surface area (Å²) >= 11 is 0. The van der Waals surface area contributed by atoms with Gasteiger partial charge in [-0.15, -0.1) is 5.92 Å². The van der Waals surface area contributed by atoms with Crippen LogP contribution in [0.5, 0.6) is 0 Å². The number of rotatable bonds is 2. The van der Waals surface area contributed by atoms with Crippen LogP contribution >= 0.6 is 0 Å². The standard InChI is InChI=1S/C10H14O.V.Y/c1-7(2)9-5-11-6-10(9)8(3)4;;/h7-8H,1-4H3;;/q-2;;. The van der Waals surface area contributed by atoms with Crippen LogP contribution in [0.2, 0.25) is 0 Å². The first-order chi connectivity index (χ1) is 5.13. The second-order valence-corrected chi connectivity index (χ2v) is 3.44. The number of furan rings is 1. The van der Waals surface area contributed by atoms with Crippen molar-refractivity contribution in [1.82, 2.24) is 0 Å². The van der Waals surface area contributed by atoms with Crippen molar-refractivity contribution in [3.05, 3.63) is 23.7 Å². The summed E-state index contributed by atoms with van der Waals surface area (Å²) in [5.74, 6) is 0.977. The summed E-state index contributed by atoms with van der Waals surface area (Å²) in [5.41, 5.74) is 2.33. The van der Waals surface area contributed by atoms with Crippen molar-refractivity contribution >= 4 is 0 Å². The predicted molar refractivity (Wildman–Crippen MR) is 44.6 cm³/mol. The van der Waals surface area contributed by atoms with Crippen LogP contribution in [0.1, 0.15) is 50.7 Å². The van der Waals surface area contributed by atoms with E-state index in [1.807, 2.05) is 0 Å². The van der Waals surface area contributed by atoms with Crippen molar-refractivity contribution in [2.45, 2.75) is 39.5 Å². The van der Waals surface area contributed by atoms with Gasteiger partial charge in [-0.3, -0.25) is 11.8 Å². The fourth-order valence-electron chi connectivity index (χ4n) is 1.10. The topological polar surface area (TPSA) is 13.1 Å². The second-order valence-electron chi connectivity index (χ2n) is 3.44. The van der Waals surface area contributed by atoms with E-state index in [-0.39, 0.29) is 51.3 Å². The van der Waals surface area contributed by atoms with E-state index in [0.717, 1.165) is 0 Å². The van der Waals surface area contributed by atoms with Gasteiger partial charge in [-0.25, -0.2) is 0 Å². The molecule has 1 heterocycles. The minimum Gasteiger partial charge on any atom is -0.744 e. The summed E-state index contributed by atoms with van der Waals surface area (Å²) in [6.45, 7) is 8.56. The van der Waals surface area contributed by atoms with Crippen LogP contribution in [-0.4, -0.2) is 0 Å². The Bertz CT molecular complexity index is 208. The summed E-state index contributed by atoms with van der Waals surface area (Å²) in [5, 5.41) is 0. The Hall–Kier alpha value is 0.968. The largest absolute Gasteiger partial charge is 0.744 e. The molecule has 13 heavy (non-hydrogen) atoms. The zero-order chi connectivity index (χ0) is 8.43. The zero-order valence-electron chi connectivity index (χ0n) is 8.59. The molecule has 0 spiro atoms. The normalized spacial score (nSPS) is 9.69. The molecule has 0 unspecified atom stereocenters. The summed E-state index contributed by atoms with van der Waals surface area (Å²) < 4.78 is 4.92. The van der Waals surface area contributed by atoms with Crippen molar-refractivity contribution in [3.63, 3.8) is 0 Å². The maximum absolute atomic E-state index is 4.92. The van der Waals surface area contributed by atoms with E-state index in [9.17, 15) is 0 Å². The molecule has 0 amide bonds. The SMILES string of the molecule is CC(C)c1[c-]o[c-]c1C(C)C.[V].[Y]. The van der Waals surface area contributed by atoms with E-state index in [1.54, 1.807) is 0 Å². The maximum Gasteiger partial charge on any atom is 0 e. The molecule has 0 aromatic carbocycles. The molecule has 1 rings (SSSR count). The minimum absolute atomic E-state index is 0. The van der Waals surface area contributed by atoms with Gasteiger partial charge in [0.25, 0.3) is 0 Å². The van der Waals surface area contributed by atoms with Crippen LogP contribution in [0.4, 0.5) is 0 Å². The zero-order valence-corrected chi connectivity index (χ0v) is 12.8. The van der Waals surface area contributed by atoms with Crippen molar-refractivity contribution < 1.29 is 55.7 Å². The third kappa shape index (κ3) is 4.34. The van der Waals surface area contributed by atoms with Gasteiger partial charge in [-0.05, 0) is 0 Å². The van der Waals surface area contributed by atoms with Crippen LogP contribution in [-0.2, 0) is 51.3 Å². The van der Waals surface area contributed by atoms with Crippen LogP contribution in [0.15, 0.2) is 4.42 Å². The van der Waals surface area contributed by atoms with Crippen LogP contribution in [0.3, 0.4) is 0 Å². The Balaban J connectivity index is 0. The fourth-order valence-corrected chi connectivity index (χ4v) is 1.10. The van der Waals surface area contributed by atoms with E-state index in [2.05, 4.69) is 40.2 Å². The molecule has 1 aromatic rings. The summed E-state index contributed by atoms with van der Waals surface area (Å²) in [6, 6.07) is 0. The van der Waals surface area contributed by atoms with E-state index >= 15 is 0 Å². The average Bonchev–Trinajstić information content (AvgIpc) is 2.32. The van der Waals surface area contributed by atoms with E-state index in [4.69, 9.17) is 4.42 Å². The molecular formula is C10H14OVY-2. The van der Waals surface area contributed by atoms with Gasteiger partial charge in [-0.1, -0.05) is 33.6 Å². The molecule has 1 nitrogen and oxygen atoms in total. The monoisotopic (exact) mass is 290 g/mol. The van der Waals surface area contributed by atoms with E-state index < -0.39 is 0 Å². The average molecular weight is 290 g/mol. The number of hydrogen-bond donors (Lipinski definition) is 0. The Morgan fingerprint density at radius 1 is 0.923 bits per heavy atom.